The van der Waals surface area contributed by atoms with Gasteiger partial charge in [0.05, 0.1) is 6.54 Å². The second-order valence-corrected chi connectivity index (χ2v) is 4.31. The van der Waals surface area contributed by atoms with Crippen molar-refractivity contribution in [2.75, 3.05) is 19.6 Å². The highest BCUT2D eigenvalue weighted by atomic mass is 16.1. The zero-order valence-corrected chi connectivity index (χ0v) is 9.30. The molecule has 1 aromatic rings. The van der Waals surface area contributed by atoms with Gasteiger partial charge in [0, 0.05) is 13.1 Å². The Morgan fingerprint density at radius 2 is 2.19 bits per heavy atom. The zero-order chi connectivity index (χ0) is 11.2. The van der Waals surface area contributed by atoms with Crippen molar-refractivity contribution in [2.45, 2.75) is 13.0 Å². The van der Waals surface area contributed by atoms with Crippen LogP contribution in [-0.2, 0) is 11.3 Å². The summed E-state index contributed by atoms with van der Waals surface area (Å²) in [5.74, 6) is 0.533. The molecule has 0 aliphatic carbocycles. The molecule has 0 amide bonds. The fraction of sp³-hybridized carbons (Fsp3) is 0.462. The summed E-state index contributed by atoms with van der Waals surface area (Å²) in [5.41, 5.74) is 1.35. The lowest BCUT2D eigenvalue weighted by molar-refractivity contribution is 0.318. The standard InChI is InChI=1S/C13H16N2O/c16-11-14-8-13-6-7-15(10-13)9-12-4-2-1-3-5-12/h1-5,13H,6-10H2. The molecule has 3 nitrogen and oxygen atoms in total. The first-order chi connectivity index (χ1) is 7.88. The summed E-state index contributed by atoms with van der Waals surface area (Å²) in [7, 11) is 0. The van der Waals surface area contributed by atoms with Crippen molar-refractivity contribution in [3.63, 3.8) is 0 Å². The number of benzene rings is 1. The number of nitrogens with zero attached hydrogens (tertiary/aromatic N) is 2. The van der Waals surface area contributed by atoms with Crippen LogP contribution in [0, 0.1) is 5.92 Å². The van der Waals surface area contributed by atoms with E-state index in [0.29, 0.717) is 12.5 Å². The fourth-order valence-corrected chi connectivity index (χ4v) is 2.21. The van der Waals surface area contributed by atoms with Crippen LogP contribution in [0.15, 0.2) is 35.3 Å². The Morgan fingerprint density at radius 1 is 1.38 bits per heavy atom. The van der Waals surface area contributed by atoms with E-state index in [0.717, 1.165) is 26.1 Å². The van der Waals surface area contributed by atoms with Gasteiger partial charge in [-0.3, -0.25) is 4.90 Å². The predicted molar refractivity (Wildman–Crippen MR) is 62.8 cm³/mol. The lowest BCUT2D eigenvalue weighted by Crippen LogP contribution is -2.20. The molecule has 0 aromatic heterocycles. The highest BCUT2D eigenvalue weighted by molar-refractivity contribution is 5.32. The molecule has 1 atom stereocenters. The van der Waals surface area contributed by atoms with E-state index in [2.05, 4.69) is 34.2 Å². The van der Waals surface area contributed by atoms with Gasteiger partial charge in [-0.15, -0.1) is 0 Å². The molecule has 1 saturated heterocycles. The van der Waals surface area contributed by atoms with Crippen LogP contribution >= 0.6 is 0 Å². The minimum Gasteiger partial charge on any atom is -0.299 e. The Bertz CT molecular complexity index is 371. The lowest BCUT2D eigenvalue weighted by Gasteiger charge is -2.15. The molecular weight excluding hydrogens is 200 g/mol. The molecule has 84 valence electrons. The van der Waals surface area contributed by atoms with Crippen LogP contribution < -0.4 is 0 Å². The molecule has 2 rings (SSSR count). The van der Waals surface area contributed by atoms with Crippen molar-refractivity contribution in [3.8, 4) is 0 Å². The molecule has 16 heavy (non-hydrogen) atoms. The number of hydrogen-bond acceptors (Lipinski definition) is 3. The Balaban J connectivity index is 1.83. The maximum absolute atomic E-state index is 10.0. The van der Waals surface area contributed by atoms with Crippen molar-refractivity contribution in [2.24, 2.45) is 10.9 Å². The molecule has 1 heterocycles. The normalized spacial score (nSPS) is 20.6. The third-order valence-electron chi connectivity index (χ3n) is 3.03. The van der Waals surface area contributed by atoms with Gasteiger partial charge in [0.15, 0.2) is 0 Å². The van der Waals surface area contributed by atoms with Gasteiger partial charge < -0.3 is 0 Å². The van der Waals surface area contributed by atoms with E-state index in [9.17, 15) is 4.79 Å². The van der Waals surface area contributed by atoms with Crippen LogP contribution in [-0.4, -0.2) is 30.6 Å². The van der Waals surface area contributed by atoms with Gasteiger partial charge in [0.2, 0.25) is 6.08 Å². The summed E-state index contributed by atoms with van der Waals surface area (Å²) in [5, 5.41) is 0. The topological polar surface area (TPSA) is 32.7 Å². The minimum absolute atomic E-state index is 0.533. The van der Waals surface area contributed by atoms with Gasteiger partial charge in [-0.2, -0.15) is 0 Å². The number of likely N-dealkylation sites (tertiary alicyclic amines) is 1. The van der Waals surface area contributed by atoms with Gasteiger partial charge in [0.25, 0.3) is 0 Å². The molecule has 1 fully saturated rings. The maximum Gasteiger partial charge on any atom is 0.234 e. The van der Waals surface area contributed by atoms with E-state index in [4.69, 9.17) is 0 Å². The molecule has 3 heteroatoms. The van der Waals surface area contributed by atoms with E-state index in [1.807, 2.05) is 6.07 Å². The van der Waals surface area contributed by atoms with Crippen LogP contribution in [0.4, 0.5) is 0 Å². The largest absolute Gasteiger partial charge is 0.299 e. The highest BCUT2D eigenvalue weighted by Crippen LogP contribution is 2.18. The van der Waals surface area contributed by atoms with Crippen molar-refractivity contribution in [1.29, 1.82) is 0 Å². The van der Waals surface area contributed by atoms with Gasteiger partial charge in [-0.1, -0.05) is 30.3 Å². The van der Waals surface area contributed by atoms with Crippen LogP contribution in [0.5, 0.6) is 0 Å². The first-order valence-corrected chi connectivity index (χ1v) is 5.68. The molecule has 0 saturated carbocycles. The van der Waals surface area contributed by atoms with Crippen LogP contribution in [0.1, 0.15) is 12.0 Å². The Morgan fingerprint density at radius 3 is 2.94 bits per heavy atom. The maximum atomic E-state index is 10.0. The van der Waals surface area contributed by atoms with E-state index >= 15 is 0 Å². The monoisotopic (exact) mass is 216 g/mol. The fourth-order valence-electron chi connectivity index (χ4n) is 2.21. The number of isocyanates is 1. The lowest BCUT2D eigenvalue weighted by atomic mass is 10.1. The molecule has 1 aliphatic heterocycles. The number of carbonyl (C=O) groups excluding carboxylic acids is 1. The number of hydrogen-bond donors (Lipinski definition) is 0. The summed E-state index contributed by atoms with van der Waals surface area (Å²) >= 11 is 0. The molecule has 0 N–H and O–H groups in total. The summed E-state index contributed by atoms with van der Waals surface area (Å²) < 4.78 is 0. The molecule has 0 bridgehead atoms. The number of rotatable bonds is 4. The average Bonchev–Trinajstić information content (AvgIpc) is 2.75. The second kappa shape index (κ2) is 5.59. The molecule has 0 radical (unpaired) electrons. The summed E-state index contributed by atoms with van der Waals surface area (Å²) in [6, 6.07) is 10.5. The van der Waals surface area contributed by atoms with E-state index in [-0.39, 0.29) is 0 Å². The minimum atomic E-state index is 0.533. The Labute approximate surface area is 95.8 Å². The van der Waals surface area contributed by atoms with Crippen molar-refractivity contribution < 1.29 is 4.79 Å². The first-order valence-electron chi connectivity index (χ1n) is 5.68. The molecular formula is C13H16N2O. The number of aliphatic imine (C=N–C) groups is 1. The van der Waals surface area contributed by atoms with Crippen LogP contribution in [0.25, 0.3) is 0 Å². The average molecular weight is 216 g/mol. The predicted octanol–water partition coefficient (Wildman–Crippen LogP) is 1.84. The third-order valence-corrected chi connectivity index (χ3v) is 3.03. The van der Waals surface area contributed by atoms with Gasteiger partial charge in [0.1, 0.15) is 0 Å². The van der Waals surface area contributed by atoms with Crippen LogP contribution in [0.3, 0.4) is 0 Å². The highest BCUT2D eigenvalue weighted by Gasteiger charge is 2.21. The molecule has 0 spiro atoms. The Kier molecular flexibility index (Phi) is 3.86. The van der Waals surface area contributed by atoms with E-state index in [1.54, 1.807) is 6.08 Å². The van der Waals surface area contributed by atoms with Crippen molar-refractivity contribution in [1.82, 2.24) is 4.90 Å². The summed E-state index contributed by atoms with van der Waals surface area (Å²) in [6.07, 6.45) is 2.75. The van der Waals surface area contributed by atoms with Crippen molar-refractivity contribution in [3.05, 3.63) is 35.9 Å². The summed E-state index contributed by atoms with van der Waals surface area (Å²) in [4.78, 5) is 16.1. The third kappa shape index (κ3) is 3.02. The zero-order valence-electron chi connectivity index (χ0n) is 9.30. The SMILES string of the molecule is O=C=NCC1CCN(Cc2ccccc2)C1. The Hall–Kier alpha value is -1.44. The quantitative estimate of drug-likeness (QED) is 0.568. The van der Waals surface area contributed by atoms with Crippen molar-refractivity contribution >= 4 is 6.08 Å². The molecule has 1 unspecified atom stereocenters. The molecule has 1 aromatic carbocycles. The van der Waals surface area contributed by atoms with Gasteiger partial charge in [-0.25, -0.2) is 9.79 Å². The van der Waals surface area contributed by atoms with E-state index in [1.165, 1.54) is 5.56 Å². The van der Waals surface area contributed by atoms with Gasteiger partial charge in [-0.05, 0) is 24.4 Å². The molecule has 1 aliphatic rings. The second-order valence-electron chi connectivity index (χ2n) is 4.31. The van der Waals surface area contributed by atoms with Gasteiger partial charge >= 0.3 is 0 Å². The van der Waals surface area contributed by atoms with Crippen LogP contribution in [0.2, 0.25) is 0 Å². The summed E-state index contributed by atoms with van der Waals surface area (Å²) in [6.45, 7) is 3.78. The smallest absolute Gasteiger partial charge is 0.234 e. The van der Waals surface area contributed by atoms with E-state index < -0.39 is 0 Å². The first kappa shape index (κ1) is 11.1.